The number of amides is 3. The third-order valence-corrected chi connectivity index (χ3v) is 9.79. The van der Waals surface area contributed by atoms with Crippen LogP contribution in [0.25, 0.3) is 0 Å². The molecule has 4 heterocycles. The van der Waals surface area contributed by atoms with Gasteiger partial charge in [0.15, 0.2) is 0 Å². The first kappa shape index (κ1) is 32.7. The van der Waals surface area contributed by atoms with Crippen LogP contribution in [0.2, 0.25) is 0 Å². The molecule has 6 rings (SSSR count). The number of rotatable bonds is 8. The maximum atomic E-state index is 14.8. The fourth-order valence-corrected chi connectivity index (χ4v) is 7.50. The highest BCUT2D eigenvalue weighted by molar-refractivity contribution is 6.00. The molecule has 2 saturated heterocycles. The van der Waals surface area contributed by atoms with Gasteiger partial charge in [-0.05, 0) is 30.4 Å². The van der Waals surface area contributed by atoms with E-state index in [4.69, 9.17) is 9.47 Å². The van der Waals surface area contributed by atoms with E-state index in [9.17, 15) is 24.3 Å². The number of nitrogens with one attached hydrogen (secondary N) is 1. The number of fused-ring (bicyclic) bond motifs is 2. The number of unbranched alkanes of at least 4 members (excludes halogenated alkanes) is 1. The molecule has 10 heteroatoms. The average molecular weight is 642 g/mol. The summed E-state index contributed by atoms with van der Waals surface area (Å²) in [7, 11) is 0. The predicted molar refractivity (Wildman–Crippen MR) is 174 cm³/mol. The zero-order chi connectivity index (χ0) is 33.0. The molecule has 2 aromatic rings. The fourth-order valence-electron chi connectivity index (χ4n) is 7.50. The van der Waals surface area contributed by atoms with Gasteiger partial charge in [0.05, 0.1) is 36.6 Å². The topological polar surface area (TPSA) is 125 Å². The number of allylic oxidation sites excluding steroid dienone is 1. The van der Waals surface area contributed by atoms with Crippen molar-refractivity contribution < 1.29 is 33.8 Å². The van der Waals surface area contributed by atoms with Crippen LogP contribution in [0, 0.1) is 11.8 Å². The number of ether oxygens (including phenoxy) is 2. The molecule has 2 N–H and O–H groups in total. The van der Waals surface area contributed by atoms with Crippen LogP contribution in [0.3, 0.4) is 0 Å². The van der Waals surface area contributed by atoms with Crippen LogP contribution in [0.15, 0.2) is 85.0 Å². The van der Waals surface area contributed by atoms with Crippen molar-refractivity contribution >= 4 is 23.7 Å². The lowest BCUT2D eigenvalue weighted by atomic mass is 9.77. The zero-order valence-corrected chi connectivity index (χ0v) is 26.7. The molecule has 248 valence electrons. The highest BCUT2D eigenvalue weighted by Gasteiger charge is 2.72. The minimum atomic E-state index is -1.44. The molecule has 7 atom stereocenters. The Kier molecular flexibility index (Phi) is 9.89. The summed E-state index contributed by atoms with van der Waals surface area (Å²) < 4.78 is 12.4. The lowest BCUT2D eigenvalue weighted by Gasteiger charge is -2.38. The van der Waals surface area contributed by atoms with E-state index < -0.39 is 53.5 Å². The van der Waals surface area contributed by atoms with Crippen LogP contribution in [0.4, 0.5) is 0 Å². The minimum Gasteiger partial charge on any atom is -0.463 e. The summed E-state index contributed by atoms with van der Waals surface area (Å²) in [5.74, 6) is -3.48. The van der Waals surface area contributed by atoms with Crippen molar-refractivity contribution in [2.24, 2.45) is 11.8 Å². The molecular weight excluding hydrogens is 598 g/mol. The van der Waals surface area contributed by atoms with E-state index in [-0.39, 0.29) is 31.5 Å². The van der Waals surface area contributed by atoms with Crippen molar-refractivity contribution in [1.82, 2.24) is 15.1 Å². The normalized spacial score (nSPS) is 30.6. The summed E-state index contributed by atoms with van der Waals surface area (Å²) in [5, 5.41) is 13.8. The maximum absolute atomic E-state index is 14.8. The van der Waals surface area contributed by atoms with Gasteiger partial charge in [-0.15, -0.1) is 0 Å². The number of cyclic esters (lactones) is 1. The quantitative estimate of drug-likeness (QED) is 0.335. The van der Waals surface area contributed by atoms with Gasteiger partial charge in [-0.25, -0.2) is 0 Å². The van der Waals surface area contributed by atoms with Crippen LogP contribution in [0.1, 0.15) is 49.8 Å². The number of carbonyl (C=O) groups is 4. The molecule has 0 bridgehead atoms. The van der Waals surface area contributed by atoms with Gasteiger partial charge in [-0.1, -0.05) is 98.3 Å². The second-order valence-corrected chi connectivity index (χ2v) is 12.8. The minimum absolute atomic E-state index is 0.0660. The fraction of sp³-hybridized carbons (Fsp3) is 0.459. The van der Waals surface area contributed by atoms with E-state index >= 15 is 0 Å². The molecule has 10 nitrogen and oxygen atoms in total. The molecule has 47 heavy (non-hydrogen) atoms. The SMILES string of the molecule is CCCCN1CC=C[C@@]23O[C@H]4/C=C\CCC(=O)OC[C@H](c5ccccc5)NC(=O)[C@H]4[C@@H]2C(=O)N([C@@H](CO)Cc2ccccc2)[C@H]3C1=O. The van der Waals surface area contributed by atoms with E-state index in [2.05, 4.69) is 12.2 Å². The third kappa shape index (κ3) is 6.36. The Morgan fingerprint density at radius 3 is 2.47 bits per heavy atom. The van der Waals surface area contributed by atoms with Crippen molar-refractivity contribution in [3.05, 3.63) is 96.1 Å². The standard InChI is InChI=1S/C37H43N3O7/c1-2-3-20-39-21-12-19-37-32(35(44)40(33(37)36(39)45)27(23-41)22-25-13-6-4-7-14-25)31-29(47-37)17-10-11-18-30(42)46-24-28(38-34(31)43)26-15-8-5-9-16-26/h4-10,12-17,19,27-29,31-33,41H,2-3,11,18,20-24H2,1H3,(H,38,43)/b17-10-/t27-,28-,29+,31-,32-,33+,37-/m1/s1. The van der Waals surface area contributed by atoms with E-state index in [0.717, 1.165) is 24.0 Å². The Morgan fingerprint density at radius 1 is 1.00 bits per heavy atom. The third-order valence-electron chi connectivity index (χ3n) is 9.79. The summed E-state index contributed by atoms with van der Waals surface area (Å²) in [5.41, 5.74) is 0.226. The van der Waals surface area contributed by atoms with Crippen LogP contribution < -0.4 is 5.32 Å². The van der Waals surface area contributed by atoms with Crippen molar-refractivity contribution in [2.45, 2.75) is 68.9 Å². The summed E-state index contributed by atoms with van der Waals surface area (Å²) in [6.45, 7) is 2.49. The Bertz CT molecular complexity index is 1510. The molecule has 3 amide bonds. The van der Waals surface area contributed by atoms with Crippen LogP contribution in [-0.4, -0.2) is 88.7 Å². The van der Waals surface area contributed by atoms with E-state index in [1.165, 1.54) is 4.90 Å². The Labute approximate surface area is 275 Å². The lowest BCUT2D eigenvalue weighted by molar-refractivity contribution is -0.151. The number of benzene rings is 2. The Hall–Kier alpha value is -4.28. The van der Waals surface area contributed by atoms with Gasteiger partial charge in [0.2, 0.25) is 17.7 Å². The van der Waals surface area contributed by atoms with Gasteiger partial charge in [0.1, 0.15) is 18.2 Å². The maximum Gasteiger partial charge on any atom is 0.306 e. The molecule has 0 unspecified atom stereocenters. The monoisotopic (exact) mass is 641 g/mol. The summed E-state index contributed by atoms with van der Waals surface area (Å²) in [4.78, 5) is 59.6. The summed E-state index contributed by atoms with van der Waals surface area (Å²) in [6.07, 6.45) is 8.90. The molecule has 1 spiro atoms. The van der Waals surface area contributed by atoms with Crippen molar-refractivity contribution in [3.63, 3.8) is 0 Å². The first-order valence-corrected chi connectivity index (χ1v) is 16.7. The molecule has 0 aliphatic carbocycles. The molecule has 2 aromatic carbocycles. The average Bonchev–Trinajstić information content (AvgIpc) is 3.48. The number of esters is 1. The largest absolute Gasteiger partial charge is 0.463 e. The van der Waals surface area contributed by atoms with Gasteiger partial charge in [-0.3, -0.25) is 19.2 Å². The first-order chi connectivity index (χ1) is 22.9. The van der Waals surface area contributed by atoms with Crippen molar-refractivity contribution in [3.8, 4) is 0 Å². The number of aliphatic hydroxyl groups excluding tert-OH is 1. The number of nitrogens with zero attached hydrogens (tertiary/aromatic N) is 2. The smallest absolute Gasteiger partial charge is 0.306 e. The van der Waals surface area contributed by atoms with Crippen molar-refractivity contribution in [2.75, 3.05) is 26.3 Å². The van der Waals surface area contributed by atoms with E-state index in [1.54, 1.807) is 17.1 Å². The van der Waals surface area contributed by atoms with Gasteiger partial charge in [0, 0.05) is 19.5 Å². The van der Waals surface area contributed by atoms with E-state index in [0.29, 0.717) is 25.9 Å². The molecule has 4 aliphatic heterocycles. The van der Waals surface area contributed by atoms with Crippen LogP contribution in [0.5, 0.6) is 0 Å². The zero-order valence-electron chi connectivity index (χ0n) is 26.7. The van der Waals surface area contributed by atoms with Crippen LogP contribution in [-0.2, 0) is 35.1 Å². The second-order valence-electron chi connectivity index (χ2n) is 12.8. The van der Waals surface area contributed by atoms with Gasteiger partial charge < -0.3 is 29.7 Å². The number of aliphatic hydroxyl groups is 1. The molecule has 0 radical (unpaired) electrons. The highest BCUT2D eigenvalue weighted by Crippen LogP contribution is 2.53. The molecule has 4 aliphatic rings. The summed E-state index contributed by atoms with van der Waals surface area (Å²) >= 11 is 0. The van der Waals surface area contributed by atoms with Crippen LogP contribution >= 0.6 is 0 Å². The molecule has 0 aromatic heterocycles. The molecule has 0 saturated carbocycles. The number of carbonyl (C=O) groups excluding carboxylic acids is 4. The highest BCUT2D eigenvalue weighted by atomic mass is 16.5. The second kappa shape index (κ2) is 14.2. The Morgan fingerprint density at radius 2 is 1.74 bits per heavy atom. The first-order valence-electron chi connectivity index (χ1n) is 16.7. The van der Waals surface area contributed by atoms with E-state index in [1.807, 2.05) is 72.8 Å². The number of hydrogen-bond acceptors (Lipinski definition) is 7. The van der Waals surface area contributed by atoms with Crippen molar-refractivity contribution in [1.29, 1.82) is 0 Å². The molecular formula is C37H43N3O7. The van der Waals surface area contributed by atoms with Gasteiger partial charge in [-0.2, -0.15) is 0 Å². The Balaban J connectivity index is 1.43. The summed E-state index contributed by atoms with van der Waals surface area (Å²) in [6, 6.07) is 16.3. The predicted octanol–water partition coefficient (Wildman–Crippen LogP) is 3.12. The number of likely N-dealkylation sites (tertiary alicyclic amines) is 1. The molecule has 2 fully saturated rings. The van der Waals surface area contributed by atoms with Gasteiger partial charge in [0.25, 0.3) is 0 Å². The number of hydrogen-bond donors (Lipinski definition) is 2. The van der Waals surface area contributed by atoms with Gasteiger partial charge >= 0.3 is 5.97 Å². The lowest BCUT2D eigenvalue weighted by Crippen LogP contribution is -2.58.